The maximum absolute atomic E-state index is 12.4. The van der Waals surface area contributed by atoms with E-state index in [1.54, 1.807) is 36.4 Å². The number of carbonyl (C=O) groups excluding carboxylic acids is 2. The van der Waals surface area contributed by atoms with Crippen LogP contribution in [0.15, 0.2) is 109 Å². The minimum absolute atomic E-state index is 0.0565. The molecule has 0 radical (unpaired) electrons. The van der Waals surface area contributed by atoms with Crippen LogP contribution in [-0.4, -0.2) is 36.7 Å². The van der Waals surface area contributed by atoms with E-state index in [9.17, 15) is 9.59 Å². The van der Waals surface area contributed by atoms with E-state index >= 15 is 0 Å². The van der Waals surface area contributed by atoms with Gasteiger partial charge < -0.3 is 14.2 Å². The lowest BCUT2D eigenvalue weighted by molar-refractivity contribution is -0.123. The highest BCUT2D eigenvalue weighted by molar-refractivity contribution is 7.80. The number of para-hydroxylation sites is 1. The Hall–Kier alpha value is -4.89. The fourth-order valence-corrected chi connectivity index (χ4v) is 3.57. The van der Waals surface area contributed by atoms with E-state index in [0.717, 1.165) is 16.9 Å². The van der Waals surface area contributed by atoms with Gasteiger partial charge in [-0.25, -0.2) is 0 Å². The summed E-state index contributed by atoms with van der Waals surface area (Å²) in [7, 11) is 0. The van der Waals surface area contributed by atoms with Gasteiger partial charge in [-0.15, -0.1) is 0 Å². The number of hydrogen-bond acceptors (Lipinski definition) is 6. The van der Waals surface area contributed by atoms with Crippen LogP contribution >= 0.6 is 12.2 Å². The third-order valence-corrected chi connectivity index (χ3v) is 5.56. The summed E-state index contributed by atoms with van der Waals surface area (Å²) >= 11 is 5.09. The normalized spacial score (nSPS) is 10.2. The molecule has 0 heterocycles. The Labute approximate surface area is 231 Å². The van der Waals surface area contributed by atoms with E-state index in [4.69, 9.17) is 26.4 Å². The van der Waals surface area contributed by atoms with E-state index in [2.05, 4.69) is 16.2 Å². The van der Waals surface area contributed by atoms with Gasteiger partial charge in [-0.1, -0.05) is 60.7 Å². The Balaban J connectivity index is 1.12. The van der Waals surface area contributed by atoms with Crippen molar-refractivity contribution in [2.24, 2.45) is 0 Å². The van der Waals surface area contributed by atoms with Crippen molar-refractivity contribution in [3.63, 3.8) is 0 Å². The van der Waals surface area contributed by atoms with Crippen LogP contribution in [0.2, 0.25) is 0 Å². The predicted octanol–water partition coefficient (Wildman–Crippen LogP) is 4.53. The molecular formula is C30H27N3O5S. The van der Waals surface area contributed by atoms with Gasteiger partial charge >= 0.3 is 0 Å². The van der Waals surface area contributed by atoms with E-state index in [1.807, 2.05) is 72.8 Å². The van der Waals surface area contributed by atoms with Gasteiger partial charge in [0.1, 0.15) is 30.5 Å². The molecule has 39 heavy (non-hydrogen) atoms. The molecule has 4 rings (SSSR count). The SMILES string of the molecule is O=C(COc1ccc(-c2ccccc2)cc1)NNC(=S)NC(=O)c1ccc(OCCOc2ccccc2)cc1. The summed E-state index contributed by atoms with van der Waals surface area (Å²) in [6.07, 6.45) is 0. The molecule has 0 aliphatic carbocycles. The van der Waals surface area contributed by atoms with Gasteiger partial charge in [0.2, 0.25) is 0 Å². The molecule has 4 aromatic rings. The lowest BCUT2D eigenvalue weighted by Crippen LogP contribution is -2.49. The first kappa shape index (κ1) is 27.2. The fraction of sp³-hybridized carbons (Fsp3) is 0.100. The standard InChI is InChI=1S/C30H27N3O5S/c34-28(21-38-27-15-11-23(12-16-27)22-7-3-1-4-8-22)32-33-30(39)31-29(35)24-13-17-26(18-14-24)37-20-19-36-25-9-5-2-6-10-25/h1-18H,19-21H2,(H,32,34)(H2,31,33,35,39). The highest BCUT2D eigenvalue weighted by Gasteiger charge is 2.10. The second-order valence-electron chi connectivity index (χ2n) is 8.17. The molecule has 2 amide bonds. The quantitative estimate of drug-likeness (QED) is 0.154. The van der Waals surface area contributed by atoms with Crippen LogP contribution in [0.3, 0.4) is 0 Å². The lowest BCUT2D eigenvalue weighted by atomic mass is 10.1. The highest BCUT2D eigenvalue weighted by atomic mass is 32.1. The van der Waals surface area contributed by atoms with Gasteiger partial charge in [0.25, 0.3) is 11.8 Å². The number of hydrogen-bond donors (Lipinski definition) is 3. The first-order valence-corrected chi connectivity index (χ1v) is 12.6. The van der Waals surface area contributed by atoms with Crippen LogP contribution in [0.4, 0.5) is 0 Å². The molecule has 0 aromatic heterocycles. The van der Waals surface area contributed by atoms with Crippen molar-refractivity contribution >= 4 is 29.1 Å². The number of benzene rings is 4. The number of nitrogens with one attached hydrogen (secondary N) is 3. The zero-order valence-corrected chi connectivity index (χ0v) is 21.8. The second-order valence-corrected chi connectivity index (χ2v) is 8.58. The number of carbonyl (C=O) groups is 2. The molecule has 0 atom stereocenters. The summed E-state index contributed by atoms with van der Waals surface area (Å²) in [6.45, 7) is 0.520. The largest absolute Gasteiger partial charge is 0.490 e. The van der Waals surface area contributed by atoms with Crippen LogP contribution in [0.1, 0.15) is 10.4 Å². The van der Waals surface area contributed by atoms with Crippen molar-refractivity contribution in [2.45, 2.75) is 0 Å². The van der Waals surface area contributed by atoms with Gasteiger partial charge in [-0.05, 0) is 71.9 Å². The summed E-state index contributed by atoms with van der Waals surface area (Å²) in [4.78, 5) is 24.5. The maximum Gasteiger partial charge on any atom is 0.276 e. The minimum atomic E-state index is -0.462. The van der Waals surface area contributed by atoms with Gasteiger partial charge in [-0.2, -0.15) is 0 Å². The molecule has 4 aromatic carbocycles. The monoisotopic (exact) mass is 541 g/mol. The Kier molecular flexibility index (Phi) is 9.85. The van der Waals surface area contributed by atoms with E-state index < -0.39 is 11.8 Å². The summed E-state index contributed by atoms with van der Waals surface area (Å²) in [5, 5.41) is 2.45. The van der Waals surface area contributed by atoms with Crippen LogP contribution in [0, 0.1) is 0 Å². The Morgan fingerprint density at radius 1 is 0.590 bits per heavy atom. The second kappa shape index (κ2) is 14.2. The van der Waals surface area contributed by atoms with Crippen LogP contribution in [0.25, 0.3) is 11.1 Å². The summed E-state index contributed by atoms with van der Waals surface area (Å²) < 4.78 is 16.7. The van der Waals surface area contributed by atoms with Crippen molar-refractivity contribution in [3.8, 4) is 28.4 Å². The zero-order valence-electron chi connectivity index (χ0n) is 21.0. The molecule has 0 unspecified atom stereocenters. The van der Waals surface area contributed by atoms with E-state index in [-0.39, 0.29) is 11.7 Å². The minimum Gasteiger partial charge on any atom is -0.490 e. The predicted molar refractivity (Wildman–Crippen MR) is 153 cm³/mol. The van der Waals surface area contributed by atoms with Gasteiger partial charge in [0.15, 0.2) is 11.7 Å². The molecular weight excluding hydrogens is 514 g/mol. The molecule has 8 nitrogen and oxygen atoms in total. The number of hydrazine groups is 1. The van der Waals surface area contributed by atoms with Gasteiger partial charge in [0, 0.05) is 5.56 Å². The Morgan fingerprint density at radius 3 is 1.74 bits per heavy atom. The number of thiocarbonyl (C=S) groups is 1. The Bertz CT molecular complexity index is 1370. The molecule has 0 fully saturated rings. The van der Waals surface area contributed by atoms with Crippen LogP contribution < -0.4 is 30.4 Å². The lowest BCUT2D eigenvalue weighted by Gasteiger charge is -2.12. The number of amides is 2. The Morgan fingerprint density at radius 2 is 1.10 bits per heavy atom. The van der Waals surface area contributed by atoms with E-state index in [1.165, 1.54) is 0 Å². The van der Waals surface area contributed by atoms with Gasteiger partial charge in [-0.3, -0.25) is 25.8 Å². The van der Waals surface area contributed by atoms with Crippen LogP contribution in [-0.2, 0) is 4.79 Å². The molecule has 0 saturated heterocycles. The molecule has 0 spiro atoms. The molecule has 3 N–H and O–H groups in total. The summed E-state index contributed by atoms with van der Waals surface area (Å²) in [5.41, 5.74) is 7.40. The van der Waals surface area contributed by atoms with Crippen molar-refractivity contribution in [3.05, 3.63) is 115 Å². The fourth-order valence-electron chi connectivity index (χ4n) is 3.43. The van der Waals surface area contributed by atoms with Crippen molar-refractivity contribution < 1.29 is 23.8 Å². The topological polar surface area (TPSA) is 97.9 Å². The zero-order chi connectivity index (χ0) is 27.3. The molecule has 9 heteroatoms. The third-order valence-electron chi connectivity index (χ3n) is 5.35. The summed E-state index contributed by atoms with van der Waals surface area (Å²) in [5.74, 6) is 1.03. The first-order chi connectivity index (χ1) is 19.1. The number of rotatable bonds is 10. The smallest absolute Gasteiger partial charge is 0.276 e. The summed E-state index contributed by atoms with van der Waals surface area (Å²) in [6, 6.07) is 33.4. The maximum atomic E-state index is 12.4. The molecule has 0 saturated carbocycles. The molecule has 0 aliphatic heterocycles. The average Bonchev–Trinajstić information content (AvgIpc) is 2.99. The average molecular weight is 542 g/mol. The van der Waals surface area contributed by atoms with Crippen molar-refractivity contribution in [1.29, 1.82) is 0 Å². The van der Waals surface area contributed by atoms with E-state index in [0.29, 0.717) is 30.3 Å². The molecule has 0 bridgehead atoms. The highest BCUT2D eigenvalue weighted by Crippen LogP contribution is 2.22. The number of ether oxygens (including phenoxy) is 3. The first-order valence-electron chi connectivity index (χ1n) is 12.2. The van der Waals surface area contributed by atoms with Crippen molar-refractivity contribution in [1.82, 2.24) is 16.2 Å². The van der Waals surface area contributed by atoms with Crippen LogP contribution in [0.5, 0.6) is 17.2 Å². The molecule has 0 aliphatic rings. The molecule has 198 valence electrons. The van der Waals surface area contributed by atoms with Gasteiger partial charge in [0.05, 0.1) is 0 Å². The third kappa shape index (κ3) is 8.87. The van der Waals surface area contributed by atoms with Crippen molar-refractivity contribution in [2.75, 3.05) is 19.8 Å².